The molecular formula is C23H26BClFNO4. The molecule has 3 rings (SSSR count). The van der Waals surface area contributed by atoms with Crippen LogP contribution in [0.25, 0.3) is 6.08 Å². The summed E-state index contributed by atoms with van der Waals surface area (Å²) in [6.45, 7) is 7.91. The van der Waals surface area contributed by atoms with Crippen molar-refractivity contribution in [2.75, 3.05) is 6.54 Å². The van der Waals surface area contributed by atoms with Gasteiger partial charge in [-0.3, -0.25) is 0 Å². The van der Waals surface area contributed by atoms with Gasteiger partial charge >= 0.3 is 13.2 Å². The van der Waals surface area contributed by atoms with E-state index in [0.29, 0.717) is 16.1 Å². The smallest absolute Gasteiger partial charge is 0.445 e. The maximum atomic E-state index is 14.4. The van der Waals surface area contributed by atoms with Crippen LogP contribution in [-0.4, -0.2) is 31.0 Å². The second-order valence-corrected chi connectivity index (χ2v) is 8.83. The van der Waals surface area contributed by atoms with Crippen molar-refractivity contribution in [3.63, 3.8) is 0 Å². The zero-order valence-corrected chi connectivity index (χ0v) is 18.8. The Morgan fingerprint density at radius 1 is 1.13 bits per heavy atom. The maximum absolute atomic E-state index is 14.4. The van der Waals surface area contributed by atoms with Crippen LogP contribution in [0, 0.1) is 5.82 Å². The second kappa shape index (κ2) is 9.43. The number of halogens is 2. The van der Waals surface area contributed by atoms with Gasteiger partial charge in [0.15, 0.2) is 0 Å². The number of nitrogens with one attached hydrogen (secondary N) is 1. The van der Waals surface area contributed by atoms with Gasteiger partial charge in [0.1, 0.15) is 12.4 Å². The monoisotopic (exact) mass is 445 g/mol. The average molecular weight is 446 g/mol. The first-order chi connectivity index (χ1) is 14.6. The number of amides is 1. The number of ether oxygens (including phenoxy) is 1. The molecule has 1 N–H and O–H groups in total. The van der Waals surface area contributed by atoms with Crippen molar-refractivity contribution in [2.45, 2.75) is 45.5 Å². The molecule has 0 atom stereocenters. The van der Waals surface area contributed by atoms with Gasteiger partial charge in [0, 0.05) is 17.1 Å². The molecule has 0 saturated carbocycles. The molecule has 2 aromatic carbocycles. The Balaban J connectivity index is 1.74. The van der Waals surface area contributed by atoms with Crippen molar-refractivity contribution in [1.29, 1.82) is 0 Å². The van der Waals surface area contributed by atoms with Gasteiger partial charge in [-0.15, -0.1) is 0 Å². The third-order valence-corrected chi connectivity index (χ3v) is 5.74. The average Bonchev–Trinajstić information content (AvgIpc) is 2.93. The van der Waals surface area contributed by atoms with Crippen LogP contribution in [0.3, 0.4) is 0 Å². The topological polar surface area (TPSA) is 56.8 Å². The van der Waals surface area contributed by atoms with Crippen LogP contribution in [0.15, 0.2) is 54.0 Å². The number of benzene rings is 2. The molecule has 31 heavy (non-hydrogen) atoms. The predicted octanol–water partition coefficient (Wildman–Crippen LogP) is 5.42. The van der Waals surface area contributed by atoms with Crippen molar-refractivity contribution in [2.24, 2.45) is 0 Å². The minimum Gasteiger partial charge on any atom is -0.445 e. The van der Waals surface area contributed by atoms with E-state index in [9.17, 15) is 9.18 Å². The van der Waals surface area contributed by atoms with Crippen molar-refractivity contribution >= 4 is 30.9 Å². The highest BCUT2D eigenvalue weighted by molar-refractivity contribution is 6.56. The molecule has 5 nitrogen and oxygen atoms in total. The van der Waals surface area contributed by atoms with E-state index in [1.54, 1.807) is 18.2 Å². The van der Waals surface area contributed by atoms with Crippen molar-refractivity contribution in [3.8, 4) is 0 Å². The molecule has 1 amide bonds. The van der Waals surface area contributed by atoms with Gasteiger partial charge < -0.3 is 19.4 Å². The van der Waals surface area contributed by atoms with Crippen LogP contribution in [0.2, 0.25) is 5.02 Å². The Labute approximate surface area is 187 Å². The lowest BCUT2D eigenvalue weighted by Gasteiger charge is -2.32. The van der Waals surface area contributed by atoms with Crippen molar-refractivity contribution < 1.29 is 23.2 Å². The highest BCUT2D eigenvalue weighted by Crippen LogP contribution is 2.38. The fourth-order valence-electron chi connectivity index (χ4n) is 2.96. The second-order valence-electron chi connectivity index (χ2n) is 8.39. The first-order valence-corrected chi connectivity index (χ1v) is 10.4. The number of rotatable bonds is 6. The third kappa shape index (κ3) is 5.88. The van der Waals surface area contributed by atoms with Crippen LogP contribution in [0.4, 0.5) is 9.18 Å². The van der Waals surface area contributed by atoms with E-state index >= 15 is 0 Å². The zero-order valence-electron chi connectivity index (χ0n) is 18.1. The molecule has 0 aromatic heterocycles. The molecule has 1 fully saturated rings. The van der Waals surface area contributed by atoms with Gasteiger partial charge in [-0.1, -0.05) is 54.1 Å². The Morgan fingerprint density at radius 3 is 2.39 bits per heavy atom. The molecule has 0 radical (unpaired) electrons. The zero-order chi connectivity index (χ0) is 22.6. The molecule has 164 valence electrons. The summed E-state index contributed by atoms with van der Waals surface area (Å²) < 4.78 is 31.8. The lowest BCUT2D eigenvalue weighted by molar-refractivity contribution is 0.00578. The number of alkyl carbamates (subject to hydrolysis) is 1. The van der Waals surface area contributed by atoms with E-state index in [4.69, 9.17) is 25.6 Å². The van der Waals surface area contributed by atoms with Gasteiger partial charge in [0.25, 0.3) is 0 Å². The van der Waals surface area contributed by atoms with Gasteiger partial charge in [0.2, 0.25) is 0 Å². The Hall–Kier alpha value is -2.35. The minimum atomic E-state index is -0.755. The van der Waals surface area contributed by atoms with E-state index in [-0.39, 0.29) is 13.2 Å². The summed E-state index contributed by atoms with van der Waals surface area (Å²) in [4.78, 5) is 12.2. The maximum Gasteiger partial charge on any atom is 0.492 e. The summed E-state index contributed by atoms with van der Waals surface area (Å²) in [5.74, 6) is -0.479. The Kier molecular flexibility index (Phi) is 7.09. The Morgan fingerprint density at radius 2 is 1.77 bits per heavy atom. The van der Waals surface area contributed by atoms with Gasteiger partial charge in [-0.25, -0.2) is 9.18 Å². The van der Waals surface area contributed by atoms with Gasteiger partial charge in [-0.05, 0) is 50.9 Å². The minimum absolute atomic E-state index is 0.0620. The molecule has 8 heteroatoms. The molecule has 0 spiro atoms. The van der Waals surface area contributed by atoms with Crippen LogP contribution in [0.5, 0.6) is 0 Å². The van der Waals surface area contributed by atoms with Crippen LogP contribution in [0.1, 0.15) is 38.8 Å². The Bertz CT molecular complexity index is 949. The summed E-state index contributed by atoms with van der Waals surface area (Å²) in [5, 5.41) is 3.00. The third-order valence-electron chi connectivity index (χ3n) is 5.51. The quantitative estimate of drug-likeness (QED) is 0.603. The molecule has 1 heterocycles. The van der Waals surface area contributed by atoms with Gasteiger partial charge in [0.05, 0.1) is 11.2 Å². The largest absolute Gasteiger partial charge is 0.492 e. The number of carbonyl (C=O) groups is 1. The lowest BCUT2D eigenvalue weighted by atomic mass is 9.77. The van der Waals surface area contributed by atoms with E-state index in [1.165, 1.54) is 6.07 Å². The normalized spacial score (nSPS) is 17.5. The molecular weight excluding hydrogens is 420 g/mol. The van der Waals surface area contributed by atoms with Crippen LogP contribution < -0.4 is 5.32 Å². The number of hydrogen-bond donors (Lipinski definition) is 1. The fourth-order valence-corrected chi connectivity index (χ4v) is 3.12. The van der Waals surface area contributed by atoms with E-state index in [1.807, 2.05) is 58.0 Å². The summed E-state index contributed by atoms with van der Waals surface area (Å²) >= 11 is 5.86. The first-order valence-electron chi connectivity index (χ1n) is 10.0. The summed E-state index contributed by atoms with van der Waals surface area (Å²) in [5.41, 5.74) is 0.583. The van der Waals surface area contributed by atoms with Crippen LogP contribution in [-0.2, 0) is 20.7 Å². The lowest BCUT2D eigenvalue weighted by Crippen LogP contribution is -2.41. The van der Waals surface area contributed by atoms with E-state index in [2.05, 4.69) is 5.32 Å². The summed E-state index contributed by atoms with van der Waals surface area (Å²) in [7, 11) is -0.755. The van der Waals surface area contributed by atoms with Gasteiger partial charge in [-0.2, -0.15) is 0 Å². The summed E-state index contributed by atoms with van der Waals surface area (Å²) in [6.07, 6.45) is 1.01. The summed E-state index contributed by atoms with van der Waals surface area (Å²) in [6, 6.07) is 13.8. The fraction of sp³-hybridized carbons (Fsp3) is 0.348. The molecule has 1 saturated heterocycles. The first kappa shape index (κ1) is 23.3. The molecule has 1 aliphatic rings. The standard InChI is InChI=1S/C23H26BClFNO4/c1-22(2)23(3,4)31-24(30-22)18(12-17-10-11-19(25)13-20(17)26)14-27-21(28)29-15-16-8-6-5-7-9-16/h5-13H,14-15H2,1-4H3,(H,27,28). The highest BCUT2D eigenvalue weighted by Gasteiger charge is 2.52. The van der Waals surface area contributed by atoms with E-state index in [0.717, 1.165) is 5.56 Å². The number of hydrogen-bond acceptors (Lipinski definition) is 4. The van der Waals surface area contributed by atoms with Crippen molar-refractivity contribution in [3.05, 3.63) is 76.0 Å². The SMILES string of the molecule is CC1(C)OB(C(=Cc2ccc(Cl)cc2F)CNC(=O)OCc2ccccc2)OC1(C)C. The molecule has 2 aromatic rings. The molecule has 0 unspecified atom stereocenters. The van der Waals surface area contributed by atoms with Crippen molar-refractivity contribution in [1.82, 2.24) is 5.32 Å². The molecule has 1 aliphatic heterocycles. The highest BCUT2D eigenvalue weighted by atomic mass is 35.5. The molecule has 0 bridgehead atoms. The molecule has 0 aliphatic carbocycles. The van der Waals surface area contributed by atoms with E-state index < -0.39 is 30.2 Å². The predicted molar refractivity (Wildman–Crippen MR) is 120 cm³/mol. The number of carbonyl (C=O) groups excluding carboxylic acids is 1. The van der Waals surface area contributed by atoms with Crippen LogP contribution >= 0.6 is 11.6 Å².